The Kier molecular flexibility index (Phi) is 42.8. The molecule has 101 heavy (non-hydrogen) atoms. The Morgan fingerprint density at radius 3 is 1.59 bits per heavy atom. The van der Waals surface area contributed by atoms with Crippen LogP contribution >= 0.6 is 0 Å². The summed E-state index contributed by atoms with van der Waals surface area (Å²) in [4.78, 5) is 140. The Labute approximate surface area is 599 Å². The molecule has 1 heterocycles. The van der Waals surface area contributed by atoms with Gasteiger partial charge >= 0.3 is 0 Å². The number of carbonyl (C=O) groups is 11. The molecule has 3 amide bonds. The number of aliphatic hydroxyl groups is 1. The molecular formula is C77H121N11O13. The minimum atomic E-state index is -1.50. The molecule has 4 rings (SSSR count). The van der Waals surface area contributed by atoms with Crippen LogP contribution in [-0.4, -0.2) is 146 Å². The predicted octanol–water partition coefficient (Wildman–Crippen LogP) is 7.26. The minimum absolute atomic E-state index is 0.00225. The van der Waals surface area contributed by atoms with E-state index < -0.39 is 82.5 Å². The highest BCUT2D eigenvalue weighted by Gasteiger charge is 2.41. The molecule has 0 radical (unpaired) electrons. The van der Waals surface area contributed by atoms with Crippen LogP contribution in [0.3, 0.4) is 0 Å². The van der Waals surface area contributed by atoms with E-state index in [1.165, 1.54) is 46.8 Å². The molecule has 0 aliphatic heterocycles. The number of nitrogens with one attached hydrogen (secondary N) is 8. The number of H-pyrrole nitrogens is 1. The van der Waals surface area contributed by atoms with Gasteiger partial charge < -0.3 is 41.7 Å². The number of amides is 3. The number of aliphatic hydroxyl groups excluding tert-OH is 1. The number of phenolic OH excluding ortho intramolecular Hbond substituents is 1. The van der Waals surface area contributed by atoms with Crippen molar-refractivity contribution in [2.75, 3.05) is 7.05 Å². The number of carbonyl (C=O) groups excluding carboxylic acids is 11. The van der Waals surface area contributed by atoms with Crippen LogP contribution < -0.4 is 54.9 Å². The number of Topliss-reactive ketones (excluding diaryl/α,β-unsaturated/α-hetero) is 8. The molecule has 3 aromatic carbocycles. The number of hydrazine groups is 2. The number of phenols is 1. The SMILES string of the molecule is CC(=O)[C@H](Cc1c[nH]c2ccccc12)NC(C)C(=O)C(=O)[C@H](Cc1ccc(O)cc1)NN.CC(C)=O.CC[C@@H](CC(C)C)C(=O)N[C@@](C)(CCC/C=C/CCCCCC[C@@](C)(N[C@@H](CC(C)C)C(=O)C(=O)[C@@H](NC(=O)[C@H](Cc1ccccc1)NN)[C@@H](C)O)C(C)=O)C(C)=O.CN[C@H](C)C(N)=O. The summed E-state index contributed by atoms with van der Waals surface area (Å²) in [6, 6.07) is 17.3. The summed E-state index contributed by atoms with van der Waals surface area (Å²) < 4.78 is 0. The van der Waals surface area contributed by atoms with E-state index in [2.05, 4.69) is 68.4 Å². The fourth-order valence-electron chi connectivity index (χ4n) is 11.0. The van der Waals surface area contributed by atoms with Crippen molar-refractivity contribution in [3.05, 3.63) is 114 Å². The average Bonchev–Trinajstić information content (AvgIpc) is 1.18. The van der Waals surface area contributed by atoms with Crippen LogP contribution in [0.15, 0.2) is 97.2 Å². The maximum atomic E-state index is 13.8. The Bertz CT molecular complexity index is 3280. The van der Waals surface area contributed by atoms with Gasteiger partial charge in [0.15, 0.2) is 5.78 Å². The third kappa shape index (κ3) is 34.1. The van der Waals surface area contributed by atoms with E-state index in [1.807, 2.05) is 88.5 Å². The topological polar surface area (TPSA) is 406 Å². The Balaban J connectivity index is 0.000000978. The number of aromatic amines is 1. The second-order valence-corrected chi connectivity index (χ2v) is 27.8. The highest BCUT2D eigenvalue weighted by molar-refractivity contribution is 6.42. The molecule has 0 spiro atoms. The van der Waals surface area contributed by atoms with E-state index in [9.17, 15) is 63.0 Å². The summed E-state index contributed by atoms with van der Waals surface area (Å²) in [6.07, 6.45) is 14.5. The number of aromatic hydroxyl groups is 1. The average molecular weight is 1410 g/mol. The molecule has 0 saturated carbocycles. The molecule has 4 aromatic rings. The number of para-hydroxylation sites is 1. The van der Waals surface area contributed by atoms with Crippen molar-refractivity contribution < 1.29 is 63.0 Å². The van der Waals surface area contributed by atoms with E-state index in [1.54, 1.807) is 46.9 Å². The molecule has 0 bridgehead atoms. The minimum Gasteiger partial charge on any atom is -0.508 e. The molecule has 0 aliphatic carbocycles. The van der Waals surface area contributed by atoms with Crippen LogP contribution in [0.1, 0.15) is 198 Å². The lowest BCUT2D eigenvalue weighted by molar-refractivity contribution is -0.142. The van der Waals surface area contributed by atoms with Crippen molar-refractivity contribution in [3.63, 3.8) is 0 Å². The largest absolute Gasteiger partial charge is 0.508 e. The number of unbranched alkanes of at least 4 members (excludes halogenated alkanes) is 5. The van der Waals surface area contributed by atoms with Gasteiger partial charge in [-0.15, -0.1) is 0 Å². The maximum Gasteiger partial charge on any atom is 0.239 e. The molecule has 11 atom stereocenters. The maximum absolute atomic E-state index is 13.8. The lowest BCUT2D eigenvalue weighted by atomic mass is 9.86. The van der Waals surface area contributed by atoms with E-state index >= 15 is 0 Å². The fourth-order valence-corrected chi connectivity index (χ4v) is 11.0. The number of hydrogen-bond acceptors (Lipinski definition) is 20. The Morgan fingerprint density at radius 2 is 1.09 bits per heavy atom. The highest BCUT2D eigenvalue weighted by Crippen LogP contribution is 2.25. The van der Waals surface area contributed by atoms with Gasteiger partial charge in [0.2, 0.25) is 40.9 Å². The van der Waals surface area contributed by atoms with Gasteiger partial charge in [-0.3, -0.25) is 70.3 Å². The van der Waals surface area contributed by atoms with Gasteiger partial charge in [0.1, 0.15) is 35.2 Å². The summed E-state index contributed by atoms with van der Waals surface area (Å²) in [5.41, 5.74) is 11.3. The van der Waals surface area contributed by atoms with Crippen LogP contribution in [0.4, 0.5) is 0 Å². The monoisotopic (exact) mass is 1410 g/mol. The second-order valence-electron chi connectivity index (χ2n) is 27.8. The number of rotatable bonds is 44. The van der Waals surface area contributed by atoms with E-state index in [0.29, 0.717) is 25.2 Å². The smallest absolute Gasteiger partial charge is 0.239 e. The molecule has 24 heteroatoms. The number of primary amides is 1. The van der Waals surface area contributed by atoms with Crippen molar-refractivity contribution in [1.29, 1.82) is 0 Å². The molecule has 0 fully saturated rings. The third-order valence-electron chi connectivity index (χ3n) is 17.6. The molecule has 562 valence electrons. The standard InChI is InChI=1S/C46H77N5O7.C24H28N4O4.C4H10N2O.C3H6O/c1-11-37(28-31(2)3)43(57)50-46(10,35(8)54)27-23-18-16-14-12-13-15-17-22-26-45(9,34(7)53)49-38(29-32(4)5)41(55)42(56)40(33(6)52)48-44(58)39(51-47)30-36-24-20-19-21-25-36;1-14(23(31)24(32)22(28-25)11-16-7-9-18(30)10-8-16)27-21(15(2)29)12-17-13-26-20-6-4-3-5-19(17)20;1-3(6-2)4(5)7;1-3(2)4/h14,16,19-21,24-25,31-33,37-40,49,51-52H,11-13,15,17-18,22-23,26-30,47H2,1-10H3,(H,48,58)(H,50,57);3-10,13-14,21-22,26-28,30H,11-12,25H2,1-2H3;3,6H,1-2H3,(H2,5,7);1-2H3/b16-14+;;;/t33-,37+,38+,39+,40+,45-,46+;14?,21-,22-;3-;/m101./s1. The molecule has 1 unspecified atom stereocenters. The van der Waals surface area contributed by atoms with Crippen LogP contribution in [0.25, 0.3) is 10.9 Å². The lowest BCUT2D eigenvalue weighted by Crippen LogP contribution is -2.61. The van der Waals surface area contributed by atoms with Crippen molar-refractivity contribution in [2.24, 2.45) is 35.2 Å². The van der Waals surface area contributed by atoms with Crippen molar-refractivity contribution >= 4 is 74.9 Å². The zero-order valence-electron chi connectivity index (χ0n) is 62.8. The number of benzene rings is 3. The van der Waals surface area contributed by atoms with Gasteiger partial charge in [-0.05, 0) is 200 Å². The number of aromatic nitrogens is 1. The Hall–Kier alpha value is -7.81. The van der Waals surface area contributed by atoms with E-state index in [0.717, 1.165) is 85.4 Å². The van der Waals surface area contributed by atoms with Gasteiger partial charge in [0.25, 0.3) is 0 Å². The predicted molar refractivity (Wildman–Crippen MR) is 398 cm³/mol. The van der Waals surface area contributed by atoms with Crippen LogP contribution in [0.2, 0.25) is 0 Å². The van der Waals surface area contributed by atoms with Crippen molar-refractivity contribution in [1.82, 2.24) is 42.4 Å². The van der Waals surface area contributed by atoms with Gasteiger partial charge in [0, 0.05) is 23.0 Å². The second kappa shape index (κ2) is 47.4. The van der Waals surface area contributed by atoms with Crippen LogP contribution in [-0.2, 0) is 72.0 Å². The highest BCUT2D eigenvalue weighted by atomic mass is 16.3. The Morgan fingerprint density at radius 1 is 0.574 bits per heavy atom. The molecule has 24 nitrogen and oxygen atoms in total. The molecule has 0 aliphatic rings. The number of nitrogens with two attached hydrogens (primary N) is 3. The first-order valence-corrected chi connectivity index (χ1v) is 35.3. The van der Waals surface area contributed by atoms with Crippen LogP contribution in [0.5, 0.6) is 5.75 Å². The fraction of sp³-hybridized carbons (Fsp3) is 0.571. The molecular weight excluding hydrogens is 1290 g/mol. The number of likely N-dealkylation sites (N-methyl/N-ethyl adjacent to an activating group) is 1. The third-order valence-corrected chi connectivity index (χ3v) is 17.6. The van der Waals surface area contributed by atoms with Gasteiger partial charge in [0.05, 0.1) is 47.4 Å². The zero-order chi connectivity index (χ0) is 76.7. The first kappa shape index (κ1) is 91.2. The molecule has 0 saturated heterocycles. The van der Waals surface area contributed by atoms with E-state index in [4.69, 9.17) is 17.4 Å². The number of hydrogen-bond donors (Lipinski definition) is 13. The number of allylic oxidation sites excluding steroid dienone is 2. The number of ketones is 8. The van der Waals surface area contributed by atoms with E-state index in [-0.39, 0.29) is 77.8 Å². The van der Waals surface area contributed by atoms with Crippen molar-refractivity contribution in [3.8, 4) is 5.75 Å². The van der Waals surface area contributed by atoms with Crippen molar-refractivity contribution in [2.45, 2.75) is 260 Å². The zero-order valence-corrected chi connectivity index (χ0v) is 62.8. The summed E-state index contributed by atoms with van der Waals surface area (Å²) in [7, 11) is 1.69. The van der Waals surface area contributed by atoms with Gasteiger partial charge in [-0.2, -0.15) is 0 Å². The normalized spacial score (nSPS) is 15.1. The summed E-state index contributed by atoms with van der Waals surface area (Å²) in [5, 5.41) is 35.5. The first-order chi connectivity index (χ1) is 47.4. The van der Waals surface area contributed by atoms with Gasteiger partial charge in [-0.1, -0.05) is 127 Å². The lowest BCUT2D eigenvalue weighted by Gasteiger charge is -2.34. The first-order valence-electron chi connectivity index (χ1n) is 35.3. The summed E-state index contributed by atoms with van der Waals surface area (Å²) >= 11 is 0. The summed E-state index contributed by atoms with van der Waals surface area (Å²) in [5.74, 6) is 7.42. The molecule has 16 N–H and O–H groups in total. The van der Waals surface area contributed by atoms with Crippen LogP contribution in [0, 0.1) is 17.8 Å². The quantitative estimate of drug-likeness (QED) is 0.00681. The molecule has 1 aromatic heterocycles. The number of fused-ring (bicyclic) bond motifs is 1. The summed E-state index contributed by atoms with van der Waals surface area (Å²) in [6.45, 7) is 25.8. The van der Waals surface area contributed by atoms with Gasteiger partial charge in [-0.25, -0.2) is 10.9 Å².